The Bertz CT molecular complexity index is 1140. The molecule has 2 unspecified atom stereocenters. The SMILES string of the molecule is CN(C#N)C1(C(=O)N(c2ccc(C(C)(C)C)cc2)C(C(=O)NC2CCCCC2)c2cccnc2)CCOC1. The number of amides is 2. The van der Waals surface area contributed by atoms with Gasteiger partial charge in [-0.25, -0.2) is 0 Å². The molecule has 202 valence electrons. The minimum Gasteiger partial charge on any atom is -0.378 e. The lowest BCUT2D eigenvalue weighted by atomic mass is 9.86. The summed E-state index contributed by atoms with van der Waals surface area (Å²) in [6.45, 7) is 6.84. The first-order valence-corrected chi connectivity index (χ1v) is 13.5. The lowest BCUT2D eigenvalue weighted by molar-refractivity contribution is -0.132. The zero-order valence-corrected chi connectivity index (χ0v) is 22.9. The van der Waals surface area contributed by atoms with Crippen LogP contribution in [0.1, 0.15) is 76.5 Å². The second kappa shape index (κ2) is 11.5. The van der Waals surface area contributed by atoms with Crippen molar-refractivity contribution in [3.8, 4) is 6.19 Å². The van der Waals surface area contributed by atoms with Crippen molar-refractivity contribution in [3.05, 3.63) is 59.9 Å². The fourth-order valence-corrected chi connectivity index (χ4v) is 5.44. The van der Waals surface area contributed by atoms with E-state index in [0.29, 0.717) is 24.3 Å². The molecular weight excluding hydrogens is 478 g/mol. The lowest BCUT2D eigenvalue weighted by Crippen LogP contribution is -2.60. The Morgan fingerprint density at radius 3 is 2.42 bits per heavy atom. The van der Waals surface area contributed by atoms with Crippen LogP contribution in [0.3, 0.4) is 0 Å². The molecule has 2 aromatic rings. The summed E-state index contributed by atoms with van der Waals surface area (Å²) in [7, 11) is 1.61. The average molecular weight is 518 g/mol. The van der Waals surface area contributed by atoms with E-state index < -0.39 is 11.6 Å². The van der Waals surface area contributed by atoms with Gasteiger partial charge in [0.15, 0.2) is 11.7 Å². The Labute approximate surface area is 226 Å². The number of rotatable bonds is 7. The summed E-state index contributed by atoms with van der Waals surface area (Å²) in [6.07, 6.45) is 11.0. The maximum Gasteiger partial charge on any atom is 0.257 e. The number of hydrogen-bond acceptors (Lipinski definition) is 6. The quantitative estimate of drug-likeness (QED) is 0.430. The molecule has 1 aromatic heterocycles. The maximum atomic E-state index is 14.6. The number of carbonyl (C=O) groups is 2. The van der Waals surface area contributed by atoms with Crippen LogP contribution in [-0.4, -0.2) is 53.5 Å². The molecule has 8 heteroatoms. The van der Waals surface area contributed by atoms with Crippen molar-refractivity contribution < 1.29 is 14.3 Å². The van der Waals surface area contributed by atoms with Gasteiger partial charge < -0.3 is 10.1 Å². The van der Waals surface area contributed by atoms with E-state index in [1.807, 2.05) is 30.3 Å². The number of pyridine rings is 1. The van der Waals surface area contributed by atoms with E-state index in [1.54, 1.807) is 30.4 Å². The molecule has 8 nitrogen and oxygen atoms in total. The summed E-state index contributed by atoms with van der Waals surface area (Å²) in [6, 6.07) is 10.5. The second-order valence-electron chi connectivity index (χ2n) is 11.5. The first-order valence-electron chi connectivity index (χ1n) is 13.5. The highest BCUT2D eigenvalue weighted by molar-refractivity contribution is 6.06. The molecule has 2 heterocycles. The molecule has 1 aliphatic carbocycles. The first-order chi connectivity index (χ1) is 18.2. The van der Waals surface area contributed by atoms with Crippen LogP contribution in [0.25, 0.3) is 0 Å². The predicted molar refractivity (Wildman–Crippen MR) is 146 cm³/mol. The number of likely N-dealkylation sites (N-methyl/N-ethyl adjacent to an activating group) is 1. The van der Waals surface area contributed by atoms with Gasteiger partial charge in [-0.1, -0.05) is 58.2 Å². The van der Waals surface area contributed by atoms with E-state index in [4.69, 9.17) is 4.74 Å². The Morgan fingerprint density at radius 2 is 1.87 bits per heavy atom. The molecule has 2 aliphatic rings. The van der Waals surface area contributed by atoms with E-state index in [-0.39, 0.29) is 29.9 Å². The lowest BCUT2D eigenvalue weighted by Gasteiger charge is -2.40. The van der Waals surface area contributed by atoms with Gasteiger partial charge in [-0.05, 0) is 42.0 Å². The van der Waals surface area contributed by atoms with Crippen LogP contribution < -0.4 is 10.2 Å². The summed E-state index contributed by atoms with van der Waals surface area (Å²) >= 11 is 0. The average Bonchev–Trinajstić information content (AvgIpc) is 3.43. The van der Waals surface area contributed by atoms with Crippen LogP contribution in [0.2, 0.25) is 0 Å². The molecule has 1 aromatic carbocycles. The van der Waals surface area contributed by atoms with Crippen LogP contribution in [0.5, 0.6) is 0 Å². The van der Waals surface area contributed by atoms with Crippen molar-refractivity contribution in [2.75, 3.05) is 25.2 Å². The summed E-state index contributed by atoms with van der Waals surface area (Å²) in [5, 5.41) is 13.1. The molecule has 2 amide bonds. The molecule has 1 saturated carbocycles. The highest BCUT2D eigenvalue weighted by atomic mass is 16.5. The third-order valence-corrected chi connectivity index (χ3v) is 7.88. The third kappa shape index (κ3) is 5.68. The standard InChI is InChI=1S/C30H39N5O3/c1-29(2,3)23-12-14-25(15-13-23)35(28(37)30(34(4)21-31)16-18-38-20-30)26(22-9-8-17-32-19-22)27(36)33-24-10-6-5-7-11-24/h8-9,12-15,17,19,24,26H,5-7,10-11,16,18,20H2,1-4H3,(H,33,36). The summed E-state index contributed by atoms with van der Waals surface area (Å²) in [5.41, 5.74) is 1.04. The largest absolute Gasteiger partial charge is 0.378 e. The summed E-state index contributed by atoms with van der Waals surface area (Å²) in [4.78, 5) is 35.9. The topological polar surface area (TPSA) is 98.6 Å². The van der Waals surface area contributed by atoms with Crippen LogP contribution in [0, 0.1) is 11.5 Å². The Morgan fingerprint density at radius 1 is 1.16 bits per heavy atom. The predicted octanol–water partition coefficient (Wildman–Crippen LogP) is 4.47. The van der Waals surface area contributed by atoms with Gasteiger partial charge in [0.1, 0.15) is 6.04 Å². The van der Waals surface area contributed by atoms with Gasteiger partial charge in [0.25, 0.3) is 5.91 Å². The fourth-order valence-electron chi connectivity index (χ4n) is 5.44. The Hall–Kier alpha value is -3.44. The fraction of sp³-hybridized carbons (Fsp3) is 0.533. The molecule has 2 atom stereocenters. The van der Waals surface area contributed by atoms with Gasteiger partial charge in [0.2, 0.25) is 5.91 Å². The molecule has 4 rings (SSSR count). The van der Waals surface area contributed by atoms with E-state index in [0.717, 1.165) is 31.2 Å². The number of hydrogen-bond donors (Lipinski definition) is 1. The molecule has 38 heavy (non-hydrogen) atoms. The van der Waals surface area contributed by atoms with Crippen molar-refractivity contribution in [2.45, 2.75) is 82.3 Å². The molecule has 0 spiro atoms. The maximum absolute atomic E-state index is 14.6. The number of anilines is 1. The minimum atomic E-state index is -1.21. The first kappa shape index (κ1) is 27.6. The van der Waals surface area contributed by atoms with E-state index in [9.17, 15) is 14.9 Å². The van der Waals surface area contributed by atoms with Gasteiger partial charge in [-0.15, -0.1) is 0 Å². The number of aromatic nitrogens is 1. The third-order valence-electron chi connectivity index (χ3n) is 7.88. The number of nitrogens with zero attached hydrogens (tertiary/aromatic N) is 4. The number of nitriles is 1. The van der Waals surface area contributed by atoms with Crippen molar-refractivity contribution in [1.82, 2.24) is 15.2 Å². The number of benzene rings is 1. The summed E-state index contributed by atoms with van der Waals surface area (Å²) < 4.78 is 5.67. The number of ether oxygens (including phenoxy) is 1. The van der Waals surface area contributed by atoms with Crippen molar-refractivity contribution >= 4 is 17.5 Å². The van der Waals surface area contributed by atoms with Gasteiger partial charge >= 0.3 is 0 Å². The van der Waals surface area contributed by atoms with Crippen LogP contribution in [0.15, 0.2) is 48.8 Å². The number of carbonyl (C=O) groups excluding carboxylic acids is 2. The van der Waals surface area contributed by atoms with Gasteiger partial charge in [0.05, 0.1) is 6.61 Å². The van der Waals surface area contributed by atoms with Crippen molar-refractivity contribution in [2.24, 2.45) is 0 Å². The minimum absolute atomic E-state index is 0.0706. The van der Waals surface area contributed by atoms with E-state index in [2.05, 4.69) is 37.3 Å². The summed E-state index contributed by atoms with van der Waals surface area (Å²) in [5.74, 6) is -0.581. The van der Waals surface area contributed by atoms with E-state index in [1.165, 1.54) is 11.3 Å². The molecule has 1 saturated heterocycles. The zero-order chi connectivity index (χ0) is 27.3. The van der Waals surface area contributed by atoms with Crippen molar-refractivity contribution in [3.63, 3.8) is 0 Å². The molecular formula is C30H39N5O3. The monoisotopic (exact) mass is 517 g/mol. The van der Waals surface area contributed by atoms with Crippen molar-refractivity contribution in [1.29, 1.82) is 5.26 Å². The zero-order valence-electron chi connectivity index (χ0n) is 22.9. The van der Waals surface area contributed by atoms with Crippen LogP contribution in [0.4, 0.5) is 5.69 Å². The normalized spacial score (nSPS) is 20.8. The Balaban J connectivity index is 1.84. The van der Waals surface area contributed by atoms with Crippen LogP contribution >= 0.6 is 0 Å². The van der Waals surface area contributed by atoms with Crippen LogP contribution in [-0.2, 0) is 19.7 Å². The number of nitrogens with one attached hydrogen (secondary N) is 1. The molecule has 1 N–H and O–H groups in total. The van der Waals surface area contributed by atoms with Gasteiger partial charge in [-0.3, -0.25) is 24.4 Å². The molecule has 0 radical (unpaired) electrons. The smallest absolute Gasteiger partial charge is 0.257 e. The van der Waals surface area contributed by atoms with E-state index >= 15 is 0 Å². The molecule has 2 fully saturated rings. The second-order valence-corrected chi connectivity index (χ2v) is 11.5. The highest BCUT2D eigenvalue weighted by Crippen LogP contribution is 2.36. The Kier molecular flexibility index (Phi) is 8.37. The molecule has 0 bridgehead atoms. The highest BCUT2D eigenvalue weighted by Gasteiger charge is 2.51. The molecule has 1 aliphatic heterocycles. The van der Waals surface area contributed by atoms with Gasteiger partial charge in [0, 0.05) is 49.8 Å². The van der Waals surface area contributed by atoms with Gasteiger partial charge in [-0.2, -0.15) is 5.26 Å².